The van der Waals surface area contributed by atoms with E-state index in [-0.39, 0.29) is 35.1 Å². The van der Waals surface area contributed by atoms with E-state index >= 15 is 0 Å². The first-order valence-electron chi connectivity index (χ1n) is 4.56. The van der Waals surface area contributed by atoms with Crippen molar-refractivity contribution in [2.75, 3.05) is 12.3 Å². The molecule has 1 rings (SSSR count). The Morgan fingerprint density at radius 3 is 2.64 bits per heavy atom. The second-order valence-electron chi connectivity index (χ2n) is 3.31. The molecule has 0 saturated carbocycles. The average Bonchev–Trinajstić information content (AvgIpc) is 2.48. The van der Waals surface area contributed by atoms with Crippen molar-refractivity contribution in [1.29, 1.82) is 0 Å². The molecule has 0 aromatic rings. The van der Waals surface area contributed by atoms with Crippen molar-refractivity contribution >= 4 is 28.7 Å². The maximum atomic E-state index is 11.5. The molecule has 0 N–H and O–H groups in total. The lowest BCUT2D eigenvalue weighted by molar-refractivity contribution is -0.131. The van der Waals surface area contributed by atoms with Crippen molar-refractivity contribution in [2.45, 2.75) is 20.3 Å². The summed E-state index contributed by atoms with van der Waals surface area (Å²) in [5.41, 5.74) is 0. The number of Topliss-reactive ketones (excluding diaryl/α,β-unsaturated/α-hetero) is 1. The Hall–Kier alpha value is -0.840. The first-order valence-corrected chi connectivity index (χ1v) is 5.54. The fourth-order valence-electron chi connectivity index (χ4n) is 1.07. The molecule has 1 fully saturated rings. The van der Waals surface area contributed by atoms with Crippen LogP contribution in [0.25, 0.3) is 0 Å². The van der Waals surface area contributed by atoms with Crippen LogP contribution >= 0.6 is 11.8 Å². The van der Waals surface area contributed by atoms with Crippen LogP contribution < -0.4 is 0 Å². The molecule has 78 valence electrons. The van der Waals surface area contributed by atoms with Crippen LogP contribution in [0, 0.1) is 5.92 Å². The van der Waals surface area contributed by atoms with Gasteiger partial charge in [0, 0.05) is 5.92 Å². The van der Waals surface area contributed by atoms with Gasteiger partial charge >= 0.3 is 0 Å². The summed E-state index contributed by atoms with van der Waals surface area (Å²) in [5.74, 6) is -0.207. The summed E-state index contributed by atoms with van der Waals surface area (Å²) >= 11 is 0.960. The number of hydrogen-bond donors (Lipinski definition) is 0. The Labute approximate surface area is 87.0 Å². The van der Waals surface area contributed by atoms with Crippen molar-refractivity contribution in [2.24, 2.45) is 5.92 Å². The zero-order valence-corrected chi connectivity index (χ0v) is 9.10. The molecule has 1 aliphatic rings. The van der Waals surface area contributed by atoms with Crippen LogP contribution in [0.5, 0.6) is 0 Å². The van der Waals surface area contributed by atoms with E-state index in [9.17, 15) is 14.4 Å². The molecule has 1 heterocycles. The van der Waals surface area contributed by atoms with Crippen LogP contribution in [0.15, 0.2) is 0 Å². The highest BCUT2D eigenvalue weighted by molar-refractivity contribution is 8.14. The molecule has 0 bridgehead atoms. The summed E-state index contributed by atoms with van der Waals surface area (Å²) in [5, 5.41) is -0.299. The summed E-state index contributed by atoms with van der Waals surface area (Å²) in [6, 6.07) is 0. The van der Waals surface area contributed by atoms with Crippen LogP contribution in [0.1, 0.15) is 20.3 Å². The molecule has 0 aliphatic carbocycles. The predicted octanol–water partition coefficient (Wildman–Crippen LogP) is 1.30. The number of amides is 2. The van der Waals surface area contributed by atoms with Gasteiger partial charge < -0.3 is 0 Å². The Balaban J connectivity index is 2.55. The smallest absolute Gasteiger partial charge is 0.289 e. The molecule has 5 heteroatoms. The Bertz CT molecular complexity index is 261. The van der Waals surface area contributed by atoms with Gasteiger partial charge in [0.05, 0.1) is 12.3 Å². The minimum atomic E-state index is -0.299. The number of carbonyl (C=O) groups is 3. The molecule has 1 unspecified atom stereocenters. The predicted molar refractivity (Wildman–Crippen MR) is 54.0 cm³/mol. The molecular weight excluding hydrogens is 202 g/mol. The van der Waals surface area contributed by atoms with E-state index in [1.54, 1.807) is 6.92 Å². The summed E-state index contributed by atoms with van der Waals surface area (Å²) < 4.78 is 0. The lowest BCUT2D eigenvalue weighted by atomic mass is 10.0. The number of rotatable bonds is 4. The van der Waals surface area contributed by atoms with Crippen LogP contribution in [-0.2, 0) is 9.59 Å². The van der Waals surface area contributed by atoms with Crippen LogP contribution in [0.4, 0.5) is 4.79 Å². The van der Waals surface area contributed by atoms with Gasteiger partial charge in [-0.1, -0.05) is 25.6 Å². The van der Waals surface area contributed by atoms with Crippen molar-refractivity contribution in [1.82, 2.24) is 4.90 Å². The van der Waals surface area contributed by atoms with Crippen molar-refractivity contribution < 1.29 is 14.4 Å². The normalized spacial score (nSPS) is 18.9. The summed E-state index contributed by atoms with van der Waals surface area (Å²) in [6.45, 7) is 3.66. The summed E-state index contributed by atoms with van der Waals surface area (Å²) in [6.07, 6.45) is 0.738. The molecule has 1 atom stereocenters. The fraction of sp³-hybridized carbons (Fsp3) is 0.667. The maximum Gasteiger partial charge on any atom is 0.289 e. The SMILES string of the molecule is CCC(C)C(=O)CN1C(=O)CSC1=O. The summed E-state index contributed by atoms with van der Waals surface area (Å²) in [4.78, 5) is 34.8. The van der Waals surface area contributed by atoms with E-state index in [4.69, 9.17) is 0 Å². The second kappa shape index (κ2) is 4.59. The first-order chi connectivity index (χ1) is 6.56. The Morgan fingerprint density at radius 1 is 1.57 bits per heavy atom. The largest absolute Gasteiger partial charge is 0.297 e. The van der Waals surface area contributed by atoms with Gasteiger partial charge in [0.2, 0.25) is 5.91 Å². The van der Waals surface area contributed by atoms with Gasteiger partial charge in [0.15, 0.2) is 5.78 Å². The maximum absolute atomic E-state index is 11.5. The molecule has 0 aromatic heterocycles. The minimum absolute atomic E-state index is 0.0447. The third kappa shape index (κ3) is 2.35. The number of nitrogens with zero attached hydrogens (tertiary/aromatic N) is 1. The van der Waals surface area contributed by atoms with Crippen LogP contribution in [0.3, 0.4) is 0 Å². The van der Waals surface area contributed by atoms with E-state index < -0.39 is 0 Å². The zero-order chi connectivity index (χ0) is 10.7. The molecule has 14 heavy (non-hydrogen) atoms. The lowest BCUT2D eigenvalue weighted by Crippen LogP contribution is -2.35. The first kappa shape index (κ1) is 11.2. The molecule has 1 aliphatic heterocycles. The number of imide groups is 1. The molecular formula is C9H13NO3S. The van der Waals surface area contributed by atoms with Crippen molar-refractivity contribution in [3.63, 3.8) is 0 Å². The average molecular weight is 215 g/mol. The third-order valence-corrected chi connectivity index (χ3v) is 3.18. The van der Waals surface area contributed by atoms with E-state index in [0.717, 1.165) is 23.1 Å². The van der Waals surface area contributed by atoms with Gasteiger partial charge in [0.25, 0.3) is 5.24 Å². The fourth-order valence-corrected chi connectivity index (χ4v) is 1.80. The van der Waals surface area contributed by atoms with Gasteiger partial charge in [-0.05, 0) is 6.42 Å². The van der Waals surface area contributed by atoms with Gasteiger partial charge in [0.1, 0.15) is 0 Å². The van der Waals surface area contributed by atoms with Crippen molar-refractivity contribution in [3.8, 4) is 0 Å². The van der Waals surface area contributed by atoms with E-state index in [1.165, 1.54) is 0 Å². The zero-order valence-electron chi connectivity index (χ0n) is 8.28. The number of ketones is 1. The molecule has 2 amide bonds. The van der Waals surface area contributed by atoms with E-state index in [1.807, 2.05) is 6.92 Å². The quantitative estimate of drug-likeness (QED) is 0.709. The molecule has 0 spiro atoms. The van der Waals surface area contributed by atoms with Crippen LogP contribution in [0.2, 0.25) is 0 Å². The Kier molecular flexibility index (Phi) is 3.69. The van der Waals surface area contributed by atoms with E-state index in [0.29, 0.717) is 0 Å². The standard InChI is InChI=1S/C9H13NO3S/c1-3-6(2)7(11)4-10-8(12)5-14-9(10)13/h6H,3-5H2,1-2H3. The molecule has 4 nitrogen and oxygen atoms in total. The molecule has 0 radical (unpaired) electrons. The van der Waals surface area contributed by atoms with Gasteiger partial charge in [-0.15, -0.1) is 0 Å². The van der Waals surface area contributed by atoms with Gasteiger partial charge in [-0.25, -0.2) is 0 Å². The van der Waals surface area contributed by atoms with Gasteiger partial charge in [-0.3, -0.25) is 19.3 Å². The molecule has 1 saturated heterocycles. The highest BCUT2D eigenvalue weighted by Gasteiger charge is 2.32. The lowest BCUT2D eigenvalue weighted by Gasteiger charge is -2.14. The topological polar surface area (TPSA) is 54.5 Å². The number of thioether (sulfide) groups is 1. The number of hydrogen-bond acceptors (Lipinski definition) is 4. The van der Waals surface area contributed by atoms with Crippen molar-refractivity contribution in [3.05, 3.63) is 0 Å². The summed E-state index contributed by atoms with van der Waals surface area (Å²) in [7, 11) is 0. The minimum Gasteiger partial charge on any atom is -0.297 e. The number of carbonyl (C=O) groups excluding carboxylic acids is 3. The van der Waals surface area contributed by atoms with Gasteiger partial charge in [-0.2, -0.15) is 0 Å². The second-order valence-corrected chi connectivity index (χ2v) is 4.24. The highest BCUT2D eigenvalue weighted by Crippen LogP contribution is 2.19. The molecule has 0 aromatic carbocycles. The monoisotopic (exact) mass is 215 g/mol. The highest BCUT2D eigenvalue weighted by atomic mass is 32.2. The Morgan fingerprint density at radius 2 is 2.21 bits per heavy atom. The van der Waals surface area contributed by atoms with Crippen LogP contribution in [-0.4, -0.2) is 34.1 Å². The van der Waals surface area contributed by atoms with E-state index in [2.05, 4.69) is 0 Å². The third-order valence-electron chi connectivity index (χ3n) is 2.32.